The molecule has 5 nitrogen and oxygen atoms in total. The predicted molar refractivity (Wildman–Crippen MR) is 131 cm³/mol. The van der Waals surface area contributed by atoms with Crippen LogP contribution in [0.5, 0.6) is 5.75 Å². The molecular weight excluding hydrogens is 420 g/mol. The minimum Gasteiger partial charge on any atom is -0.506 e. The van der Waals surface area contributed by atoms with Gasteiger partial charge >= 0.3 is 0 Å². The summed E-state index contributed by atoms with van der Waals surface area (Å²) in [5.41, 5.74) is 4.20. The van der Waals surface area contributed by atoms with Gasteiger partial charge in [-0.25, -0.2) is 4.98 Å². The van der Waals surface area contributed by atoms with E-state index in [0.29, 0.717) is 10.8 Å². The monoisotopic (exact) mass is 446 g/mol. The van der Waals surface area contributed by atoms with E-state index in [4.69, 9.17) is 16.6 Å². The predicted octanol–water partition coefficient (Wildman–Crippen LogP) is 5.33. The first-order valence-corrected chi connectivity index (χ1v) is 11.4. The van der Waals surface area contributed by atoms with E-state index >= 15 is 0 Å². The Morgan fingerprint density at radius 3 is 2.41 bits per heavy atom. The largest absolute Gasteiger partial charge is 0.506 e. The number of phenolic OH excluding ortho intramolecular Hbond substituents is 1. The van der Waals surface area contributed by atoms with Crippen molar-refractivity contribution in [3.63, 3.8) is 0 Å². The van der Waals surface area contributed by atoms with E-state index in [0.717, 1.165) is 55.3 Å². The number of phenols is 1. The number of aromatic nitrogens is 2. The Morgan fingerprint density at radius 1 is 0.938 bits per heavy atom. The van der Waals surface area contributed by atoms with Crippen LogP contribution < -0.4 is 4.90 Å². The van der Waals surface area contributed by atoms with Crippen LogP contribution in [0.1, 0.15) is 24.4 Å². The Kier molecular flexibility index (Phi) is 5.77. The van der Waals surface area contributed by atoms with Crippen molar-refractivity contribution in [2.75, 3.05) is 31.1 Å². The molecule has 1 aliphatic heterocycles. The molecule has 3 aromatic carbocycles. The van der Waals surface area contributed by atoms with E-state index in [1.54, 1.807) is 6.07 Å². The number of anilines is 1. The smallest absolute Gasteiger partial charge is 0.138 e. The van der Waals surface area contributed by atoms with Gasteiger partial charge in [-0.3, -0.25) is 4.90 Å². The molecule has 1 N–H and O–H groups in total. The molecule has 4 aromatic rings. The lowest BCUT2D eigenvalue weighted by Gasteiger charge is -2.39. The number of benzene rings is 3. The second-order valence-corrected chi connectivity index (χ2v) is 8.80. The zero-order valence-electron chi connectivity index (χ0n) is 18.2. The van der Waals surface area contributed by atoms with Crippen molar-refractivity contribution < 1.29 is 5.11 Å². The lowest BCUT2D eigenvalue weighted by Crippen LogP contribution is -2.47. The standard InChI is InChI=1S/C26H27ClN4O/c1-19(29-13-15-30(16-14-29)24-9-5-6-10-25(24)32)26-28-22-17-21(27)11-12-23(22)31(26)18-20-7-3-2-4-8-20/h2-12,17,19,32H,13-16,18H2,1H3. The van der Waals surface area contributed by atoms with E-state index < -0.39 is 0 Å². The molecule has 1 saturated heterocycles. The maximum atomic E-state index is 10.2. The minimum absolute atomic E-state index is 0.163. The van der Waals surface area contributed by atoms with Crippen molar-refractivity contribution in [3.8, 4) is 5.75 Å². The average Bonchev–Trinajstić information content (AvgIpc) is 3.17. The van der Waals surface area contributed by atoms with Crippen molar-refractivity contribution in [1.82, 2.24) is 14.5 Å². The molecule has 1 unspecified atom stereocenters. The van der Waals surface area contributed by atoms with Crippen LogP contribution in [-0.4, -0.2) is 45.7 Å². The van der Waals surface area contributed by atoms with Crippen molar-refractivity contribution >= 4 is 28.3 Å². The molecule has 6 heteroatoms. The summed E-state index contributed by atoms with van der Waals surface area (Å²) in [7, 11) is 0. The zero-order chi connectivity index (χ0) is 22.1. The number of aromatic hydroxyl groups is 1. The first kappa shape index (κ1) is 20.9. The molecule has 1 atom stereocenters. The Bertz CT molecular complexity index is 1220. The Balaban J connectivity index is 1.41. The number of para-hydroxylation sites is 2. The van der Waals surface area contributed by atoms with Crippen LogP contribution in [0.15, 0.2) is 72.8 Å². The molecule has 32 heavy (non-hydrogen) atoms. The molecule has 2 heterocycles. The summed E-state index contributed by atoms with van der Waals surface area (Å²) in [6.07, 6.45) is 0. The molecule has 0 aliphatic carbocycles. The fraction of sp³-hybridized carbons (Fsp3) is 0.269. The maximum Gasteiger partial charge on any atom is 0.138 e. The molecule has 1 aromatic heterocycles. The summed E-state index contributed by atoms with van der Waals surface area (Å²) >= 11 is 6.27. The SMILES string of the molecule is CC(c1nc2cc(Cl)ccc2n1Cc1ccccc1)N1CCN(c2ccccc2O)CC1. The summed E-state index contributed by atoms with van der Waals surface area (Å²) in [6.45, 7) is 6.56. The van der Waals surface area contributed by atoms with Crippen molar-refractivity contribution in [2.45, 2.75) is 19.5 Å². The van der Waals surface area contributed by atoms with Gasteiger partial charge < -0.3 is 14.6 Å². The Hall–Kier alpha value is -3.02. The van der Waals surface area contributed by atoms with E-state index in [9.17, 15) is 5.11 Å². The van der Waals surface area contributed by atoms with Crippen LogP contribution in [0.2, 0.25) is 5.02 Å². The second-order valence-electron chi connectivity index (χ2n) is 8.36. The fourth-order valence-electron chi connectivity index (χ4n) is 4.62. The molecule has 1 aliphatic rings. The summed E-state index contributed by atoms with van der Waals surface area (Å²) in [5, 5.41) is 10.9. The molecule has 1 fully saturated rings. The van der Waals surface area contributed by atoms with Gasteiger partial charge in [0.15, 0.2) is 0 Å². The molecule has 0 amide bonds. The summed E-state index contributed by atoms with van der Waals surface area (Å²) in [6, 6.07) is 24.2. The van der Waals surface area contributed by atoms with Gasteiger partial charge in [-0.2, -0.15) is 0 Å². The minimum atomic E-state index is 0.163. The summed E-state index contributed by atoms with van der Waals surface area (Å²) < 4.78 is 2.32. The molecule has 5 rings (SSSR count). The maximum absolute atomic E-state index is 10.2. The molecular formula is C26H27ClN4O. The van der Waals surface area contributed by atoms with Gasteiger partial charge in [-0.05, 0) is 42.8 Å². The zero-order valence-corrected chi connectivity index (χ0v) is 18.9. The third-order valence-corrected chi connectivity index (χ3v) is 6.62. The Labute approximate surface area is 193 Å². The quantitative estimate of drug-likeness (QED) is 0.450. The lowest BCUT2D eigenvalue weighted by atomic mass is 10.1. The molecule has 164 valence electrons. The topological polar surface area (TPSA) is 44.5 Å². The van der Waals surface area contributed by atoms with Crippen LogP contribution in [0.4, 0.5) is 5.69 Å². The third kappa shape index (κ3) is 4.06. The van der Waals surface area contributed by atoms with Crippen molar-refractivity contribution in [3.05, 3.63) is 89.2 Å². The highest BCUT2D eigenvalue weighted by Crippen LogP contribution is 2.31. The first-order valence-electron chi connectivity index (χ1n) is 11.1. The number of nitrogens with zero attached hydrogens (tertiary/aromatic N) is 4. The van der Waals surface area contributed by atoms with Gasteiger partial charge in [0.25, 0.3) is 0 Å². The van der Waals surface area contributed by atoms with Gasteiger partial charge in [0.05, 0.1) is 22.8 Å². The Morgan fingerprint density at radius 2 is 1.66 bits per heavy atom. The molecule has 0 saturated carbocycles. The molecule has 0 radical (unpaired) electrons. The van der Waals surface area contributed by atoms with E-state index in [1.165, 1.54) is 5.56 Å². The number of hydrogen-bond acceptors (Lipinski definition) is 4. The number of rotatable bonds is 5. The van der Waals surface area contributed by atoms with E-state index in [2.05, 4.69) is 51.6 Å². The average molecular weight is 447 g/mol. The number of halogens is 1. The summed E-state index contributed by atoms with van der Waals surface area (Å²) in [5.74, 6) is 1.40. The van der Waals surface area contributed by atoms with Gasteiger partial charge in [-0.1, -0.05) is 54.1 Å². The number of imidazole rings is 1. The first-order chi connectivity index (χ1) is 15.6. The fourth-order valence-corrected chi connectivity index (χ4v) is 4.78. The van der Waals surface area contributed by atoms with Crippen molar-refractivity contribution in [1.29, 1.82) is 0 Å². The van der Waals surface area contributed by atoms with E-state index in [-0.39, 0.29) is 6.04 Å². The second kappa shape index (κ2) is 8.85. The normalized spacial score (nSPS) is 15.9. The van der Waals surface area contributed by atoms with E-state index in [1.807, 2.05) is 36.4 Å². The van der Waals surface area contributed by atoms with Crippen LogP contribution in [0, 0.1) is 0 Å². The third-order valence-electron chi connectivity index (χ3n) is 6.38. The number of fused-ring (bicyclic) bond motifs is 1. The van der Waals surface area contributed by atoms with Crippen LogP contribution in [0.3, 0.4) is 0 Å². The summed E-state index contributed by atoms with van der Waals surface area (Å²) in [4.78, 5) is 9.75. The lowest BCUT2D eigenvalue weighted by molar-refractivity contribution is 0.188. The van der Waals surface area contributed by atoms with Gasteiger partial charge in [0.1, 0.15) is 11.6 Å². The van der Waals surface area contributed by atoms with Crippen LogP contribution in [-0.2, 0) is 6.54 Å². The van der Waals surface area contributed by atoms with Gasteiger partial charge in [-0.15, -0.1) is 0 Å². The number of hydrogen-bond donors (Lipinski definition) is 1. The van der Waals surface area contributed by atoms with Crippen LogP contribution >= 0.6 is 11.6 Å². The highest BCUT2D eigenvalue weighted by Gasteiger charge is 2.27. The van der Waals surface area contributed by atoms with Crippen LogP contribution in [0.25, 0.3) is 11.0 Å². The number of piperazine rings is 1. The van der Waals surface area contributed by atoms with Gasteiger partial charge in [0, 0.05) is 37.7 Å². The highest BCUT2D eigenvalue weighted by molar-refractivity contribution is 6.31. The van der Waals surface area contributed by atoms with Crippen molar-refractivity contribution in [2.24, 2.45) is 0 Å². The van der Waals surface area contributed by atoms with Gasteiger partial charge in [0.2, 0.25) is 0 Å². The molecule has 0 bridgehead atoms. The highest BCUT2D eigenvalue weighted by atomic mass is 35.5. The molecule has 0 spiro atoms.